The average Bonchev–Trinajstić information content (AvgIpc) is 3.29. The average molecular weight is 434 g/mol. The molecule has 2 heteroatoms. The molecule has 4 aromatic carbocycles. The van der Waals surface area contributed by atoms with E-state index in [4.69, 9.17) is 0 Å². The van der Waals surface area contributed by atoms with Gasteiger partial charge in [0, 0.05) is 0 Å². The first-order valence-corrected chi connectivity index (χ1v) is 11.7. The Balaban J connectivity index is 1.86. The maximum atomic E-state index is 2.33. The monoisotopic (exact) mass is 436 g/mol. The van der Waals surface area contributed by atoms with E-state index in [1.54, 1.807) is 0 Å². The first kappa shape index (κ1) is 13.5. The molecule has 0 N–H and O–H groups in total. The number of hydrogen-bond donors (Lipinski definition) is 0. The normalized spacial score (nSPS) is 12.2. The van der Waals surface area contributed by atoms with Crippen molar-refractivity contribution in [3.05, 3.63) is 70.5 Å². The van der Waals surface area contributed by atoms with Crippen molar-refractivity contribution in [2.24, 2.45) is 0 Å². The Morgan fingerprint density at radius 1 is 0.333 bits per heavy atom. The van der Waals surface area contributed by atoms with Crippen LogP contribution in [-0.4, -0.2) is 29.0 Å². The van der Waals surface area contributed by atoms with E-state index in [1.807, 2.05) is 0 Å². The summed E-state index contributed by atoms with van der Waals surface area (Å²) in [6.07, 6.45) is 0. The summed E-state index contributed by atoms with van der Waals surface area (Å²) in [7, 11) is 0. The van der Waals surface area contributed by atoms with Crippen LogP contribution in [0.5, 0.6) is 0 Å². The number of benzene rings is 4. The molecule has 6 aromatic rings. The molecule has 0 spiro atoms. The van der Waals surface area contributed by atoms with Crippen LogP contribution in [0.15, 0.2) is 70.5 Å². The van der Waals surface area contributed by atoms with Crippen molar-refractivity contribution in [3.63, 3.8) is 0 Å². The standard InChI is InChI=1S/C22H12Se2/c1-3-17-16(6-8-21-19(17)9-11-23-21)14-2-4-18-15(13(1)14)5-7-22-20(18)10-12-24-22/h1-12H. The molecule has 0 nitrogen and oxygen atoms in total. The van der Waals surface area contributed by atoms with Crippen molar-refractivity contribution < 1.29 is 0 Å². The summed E-state index contributed by atoms with van der Waals surface area (Å²) >= 11 is 1.02. The zero-order valence-corrected chi connectivity index (χ0v) is 16.2. The van der Waals surface area contributed by atoms with Gasteiger partial charge in [-0.1, -0.05) is 0 Å². The molecule has 0 saturated carbocycles. The minimum absolute atomic E-state index is 0.510. The molecule has 0 saturated heterocycles. The van der Waals surface area contributed by atoms with Crippen LogP contribution in [0.3, 0.4) is 0 Å². The Labute approximate surface area is 150 Å². The fourth-order valence-corrected chi connectivity index (χ4v) is 7.31. The Kier molecular flexibility index (Phi) is 2.72. The predicted octanol–water partition coefficient (Wildman–Crippen LogP) is 5.57. The summed E-state index contributed by atoms with van der Waals surface area (Å²) in [6, 6.07) is 23.2. The molecular formula is C22H12Se2. The van der Waals surface area contributed by atoms with Crippen molar-refractivity contribution in [2.75, 3.05) is 0 Å². The topological polar surface area (TPSA) is 0 Å². The predicted molar refractivity (Wildman–Crippen MR) is 108 cm³/mol. The van der Waals surface area contributed by atoms with Gasteiger partial charge in [0.15, 0.2) is 0 Å². The number of hydrogen-bond acceptors (Lipinski definition) is 0. The van der Waals surface area contributed by atoms with Crippen molar-refractivity contribution in [1.82, 2.24) is 0 Å². The molecule has 0 fully saturated rings. The third-order valence-electron chi connectivity index (χ3n) is 5.06. The first-order chi connectivity index (χ1) is 11.9. The summed E-state index contributed by atoms with van der Waals surface area (Å²) in [5.41, 5.74) is 0. The summed E-state index contributed by atoms with van der Waals surface area (Å²) < 4.78 is 3.03. The Hall–Kier alpha value is -1.82. The van der Waals surface area contributed by atoms with Gasteiger partial charge in [0.05, 0.1) is 0 Å². The quantitative estimate of drug-likeness (QED) is 0.217. The van der Waals surface area contributed by atoms with Crippen LogP contribution in [-0.2, 0) is 0 Å². The van der Waals surface area contributed by atoms with Gasteiger partial charge < -0.3 is 0 Å². The van der Waals surface area contributed by atoms with E-state index in [9.17, 15) is 0 Å². The van der Waals surface area contributed by atoms with Gasteiger partial charge in [0.1, 0.15) is 0 Å². The SMILES string of the molecule is c1cc2c(ccc3c2ccc2c4ccc5[se]ccc5c4ccc32)[se]1. The zero-order valence-electron chi connectivity index (χ0n) is 12.7. The molecule has 0 aliphatic heterocycles. The van der Waals surface area contributed by atoms with E-state index in [1.165, 1.54) is 51.6 Å². The van der Waals surface area contributed by atoms with Crippen molar-refractivity contribution in [3.8, 4) is 0 Å². The Morgan fingerprint density at radius 3 is 1.08 bits per heavy atom. The van der Waals surface area contributed by atoms with Crippen molar-refractivity contribution >= 4 is 80.6 Å². The van der Waals surface area contributed by atoms with Gasteiger partial charge in [0.25, 0.3) is 0 Å². The molecule has 112 valence electrons. The van der Waals surface area contributed by atoms with Crippen LogP contribution in [0.4, 0.5) is 0 Å². The van der Waals surface area contributed by atoms with Crippen LogP contribution in [0.2, 0.25) is 0 Å². The molecule has 24 heavy (non-hydrogen) atoms. The van der Waals surface area contributed by atoms with E-state index >= 15 is 0 Å². The van der Waals surface area contributed by atoms with Crippen LogP contribution in [0.25, 0.3) is 51.6 Å². The van der Waals surface area contributed by atoms with Gasteiger partial charge in [0.2, 0.25) is 0 Å². The van der Waals surface area contributed by atoms with E-state index in [-0.39, 0.29) is 0 Å². The fraction of sp³-hybridized carbons (Fsp3) is 0. The molecule has 6 rings (SSSR count). The van der Waals surface area contributed by atoms with Crippen LogP contribution < -0.4 is 0 Å². The van der Waals surface area contributed by atoms with E-state index < -0.39 is 0 Å². The zero-order chi connectivity index (χ0) is 15.7. The Bertz CT molecular complexity index is 1290. The third-order valence-corrected chi connectivity index (χ3v) is 8.76. The van der Waals surface area contributed by atoms with Gasteiger partial charge >= 0.3 is 151 Å². The second-order valence-corrected chi connectivity index (χ2v) is 10.2. The van der Waals surface area contributed by atoms with E-state index in [0.29, 0.717) is 29.0 Å². The molecular weight excluding hydrogens is 422 g/mol. The molecule has 0 aliphatic carbocycles. The van der Waals surface area contributed by atoms with Crippen LogP contribution in [0.1, 0.15) is 0 Å². The summed E-state index contributed by atoms with van der Waals surface area (Å²) in [4.78, 5) is 4.66. The van der Waals surface area contributed by atoms with Gasteiger partial charge in [-0.25, -0.2) is 0 Å². The number of rotatable bonds is 0. The first-order valence-electron chi connectivity index (χ1n) is 8.02. The van der Waals surface area contributed by atoms with E-state index in [2.05, 4.69) is 70.5 Å². The maximum absolute atomic E-state index is 2.33. The minimum atomic E-state index is 0.510. The summed E-state index contributed by atoms with van der Waals surface area (Å²) in [5.74, 6) is 0. The molecule has 0 amide bonds. The Morgan fingerprint density at radius 2 is 0.667 bits per heavy atom. The van der Waals surface area contributed by atoms with Crippen molar-refractivity contribution in [1.29, 1.82) is 0 Å². The molecule has 0 aliphatic rings. The molecule has 0 bridgehead atoms. The summed E-state index contributed by atoms with van der Waals surface area (Å²) in [6.45, 7) is 0. The van der Waals surface area contributed by atoms with Gasteiger partial charge in [-0.3, -0.25) is 0 Å². The molecule has 2 heterocycles. The number of fused-ring (bicyclic) bond motifs is 9. The molecule has 0 unspecified atom stereocenters. The molecule has 0 atom stereocenters. The summed E-state index contributed by atoms with van der Waals surface area (Å²) in [5, 5.41) is 11.2. The van der Waals surface area contributed by atoms with Gasteiger partial charge in [-0.2, -0.15) is 0 Å². The fourth-order valence-electron chi connectivity index (χ4n) is 3.94. The van der Waals surface area contributed by atoms with Crippen LogP contribution in [0, 0.1) is 0 Å². The van der Waals surface area contributed by atoms with E-state index in [0.717, 1.165) is 0 Å². The molecule has 0 radical (unpaired) electrons. The molecule has 2 aromatic heterocycles. The second-order valence-electron chi connectivity index (χ2n) is 6.21. The second kappa shape index (κ2) is 4.85. The van der Waals surface area contributed by atoms with Crippen LogP contribution >= 0.6 is 0 Å². The third kappa shape index (κ3) is 1.69. The van der Waals surface area contributed by atoms with Crippen molar-refractivity contribution in [2.45, 2.75) is 0 Å². The van der Waals surface area contributed by atoms with Gasteiger partial charge in [-0.05, 0) is 0 Å². The van der Waals surface area contributed by atoms with Gasteiger partial charge in [-0.15, -0.1) is 0 Å².